The summed E-state index contributed by atoms with van der Waals surface area (Å²) >= 11 is 0. The highest BCUT2D eigenvalue weighted by Crippen LogP contribution is 2.23. The zero-order valence-corrected chi connectivity index (χ0v) is 10.2. The van der Waals surface area contributed by atoms with Crippen LogP contribution >= 0.6 is 0 Å². The van der Waals surface area contributed by atoms with E-state index in [1.165, 1.54) is 0 Å². The van der Waals surface area contributed by atoms with Gasteiger partial charge in [0.1, 0.15) is 0 Å². The minimum Gasteiger partial charge on any atom is -0.493 e. The van der Waals surface area contributed by atoms with Gasteiger partial charge < -0.3 is 9.84 Å². The smallest absolute Gasteiger partial charge is 0.157 e. The summed E-state index contributed by atoms with van der Waals surface area (Å²) in [4.78, 5) is 0. The van der Waals surface area contributed by atoms with Crippen molar-refractivity contribution < 1.29 is 9.84 Å². The van der Waals surface area contributed by atoms with Crippen LogP contribution in [0.5, 0.6) is 5.75 Å². The van der Waals surface area contributed by atoms with Gasteiger partial charge in [-0.1, -0.05) is 6.07 Å². The lowest BCUT2D eigenvalue weighted by atomic mass is 10.1. The molecule has 18 heavy (non-hydrogen) atoms. The highest BCUT2D eigenvalue weighted by atomic mass is 16.5. The molecule has 0 radical (unpaired) electrons. The molecule has 0 amide bonds. The third-order valence-electron chi connectivity index (χ3n) is 2.65. The second-order valence-corrected chi connectivity index (χ2v) is 3.89. The highest BCUT2D eigenvalue weighted by Gasteiger charge is 2.12. The number of ether oxygens (including phenoxy) is 1. The largest absolute Gasteiger partial charge is 0.493 e. The van der Waals surface area contributed by atoms with Crippen LogP contribution in [0.15, 0.2) is 30.6 Å². The fourth-order valence-electron chi connectivity index (χ4n) is 1.71. The van der Waals surface area contributed by atoms with Crippen LogP contribution in [0.3, 0.4) is 0 Å². The lowest BCUT2D eigenvalue weighted by molar-refractivity contribution is 0.199. The van der Waals surface area contributed by atoms with Gasteiger partial charge in [-0.15, -0.1) is 0 Å². The summed E-state index contributed by atoms with van der Waals surface area (Å²) in [5.74, 6) is 0.619. The number of aliphatic hydroxyl groups excluding tert-OH is 1. The van der Waals surface area contributed by atoms with Gasteiger partial charge in [-0.05, 0) is 19.1 Å². The first-order valence-electron chi connectivity index (χ1n) is 5.47. The molecule has 0 aliphatic carbocycles. The average molecular weight is 243 g/mol. The van der Waals surface area contributed by atoms with Gasteiger partial charge in [0.15, 0.2) is 5.75 Å². The molecule has 1 N–H and O–H groups in total. The second kappa shape index (κ2) is 4.90. The molecule has 0 aliphatic rings. The summed E-state index contributed by atoms with van der Waals surface area (Å²) in [7, 11) is 1.56. The molecular formula is C13H13N3O2. The van der Waals surface area contributed by atoms with Crippen molar-refractivity contribution in [2.75, 3.05) is 7.11 Å². The zero-order valence-electron chi connectivity index (χ0n) is 10.2. The van der Waals surface area contributed by atoms with Crippen molar-refractivity contribution in [2.45, 2.75) is 13.0 Å². The van der Waals surface area contributed by atoms with E-state index in [9.17, 15) is 5.11 Å². The maximum absolute atomic E-state index is 9.74. The van der Waals surface area contributed by atoms with Crippen LogP contribution in [-0.4, -0.2) is 22.0 Å². The summed E-state index contributed by atoms with van der Waals surface area (Å²) in [5, 5.41) is 22.8. The Morgan fingerprint density at radius 1 is 1.50 bits per heavy atom. The molecule has 1 aromatic heterocycles. The molecule has 5 nitrogen and oxygen atoms in total. The number of hydrogen-bond donors (Lipinski definition) is 1. The lowest BCUT2D eigenvalue weighted by Gasteiger charge is -2.12. The van der Waals surface area contributed by atoms with E-state index in [0.717, 1.165) is 0 Å². The Morgan fingerprint density at radius 3 is 2.83 bits per heavy atom. The average Bonchev–Trinajstić information content (AvgIpc) is 2.86. The maximum Gasteiger partial charge on any atom is 0.157 e. The monoisotopic (exact) mass is 243 g/mol. The van der Waals surface area contributed by atoms with Gasteiger partial charge in [-0.25, -0.2) is 4.68 Å². The van der Waals surface area contributed by atoms with Crippen LogP contribution in [0.25, 0.3) is 5.69 Å². The highest BCUT2D eigenvalue weighted by molar-refractivity contribution is 5.48. The first-order chi connectivity index (χ1) is 8.65. The molecule has 1 aromatic carbocycles. The number of aliphatic hydroxyl groups is 1. The summed E-state index contributed by atoms with van der Waals surface area (Å²) in [5.41, 5.74) is 1.90. The standard InChI is InChI=1S/C13H13N3O2/c1-9(17)12-4-3-10(6-14)5-13(12)16-8-11(18-2)7-15-16/h3-5,7-9,17H,1-2H3/t9-/m1/s1. The number of nitriles is 1. The summed E-state index contributed by atoms with van der Waals surface area (Å²) in [6, 6.07) is 7.16. The predicted octanol–water partition coefficient (Wildman–Crippen LogP) is 1.81. The van der Waals surface area contributed by atoms with E-state index in [1.807, 2.05) is 0 Å². The van der Waals surface area contributed by atoms with Crippen LogP contribution < -0.4 is 4.74 Å². The molecule has 0 bridgehead atoms. The molecular weight excluding hydrogens is 230 g/mol. The Morgan fingerprint density at radius 2 is 2.28 bits per heavy atom. The molecule has 0 fully saturated rings. The van der Waals surface area contributed by atoms with Crippen molar-refractivity contribution >= 4 is 0 Å². The van der Waals surface area contributed by atoms with E-state index in [4.69, 9.17) is 10.00 Å². The van der Waals surface area contributed by atoms with Crippen molar-refractivity contribution in [3.8, 4) is 17.5 Å². The normalized spacial score (nSPS) is 11.9. The topological polar surface area (TPSA) is 71.1 Å². The van der Waals surface area contributed by atoms with Gasteiger partial charge in [0.05, 0.1) is 42.9 Å². The van der Waals surface area contributed by atoms with Gasteiger partial charge in [0.2, 0.25) is 0 Å². The van der Waals surface area contributed by atoms with Crippen LogP contribution in [-0.2, 0) is 0 Å². The number of rotatable bonds is 3. The van der Waals surface area contributed by atoms with Crippen molar-refractivity contribution in [3.05, 3.63) is 41.7 Å². The fourth-order valence-corrected chi connectivity index (χ4v) is 1.71. The molecule has 5 heteroatoms. The molecule has 2 rings (SSSR count). The summed E-state index contributed by atoms with van der Waals surface area (Å²) < 4.78 is 6.65. The molecule has 1 atom stereocenters. The summed E-state index contributed by atoms with van der Waals surface area (Å²) in [6.45, 7) is 1.67. The van der Waals surface area contributed by atoms with E-state index in [-0.39, 0.29) is 0 Å². The predicted molar refractivity (Wildman–Crippen MR) is 65.5 cm³/mol. The maximum atomic E-state index is 9.74. The van der Waals surface area contributed by atoms with Gasteiger partial charge in [0, 0.05) is 5.56 Å². The molecule has 0 saturated carbocycles. The third-order valence-corrected chi connectivity index (χ3v) is 2.65. The Bertz CT molecular complexity index is 597. The molecule has 92 valence electrons. The van der Waals surface area contributed by atoms with Gasteiger partial charge >= 0.3 is 0 Å². The SMILES string of the molecule is COc1cnn(-c2cc(C#N)ccc2[C@@H](C)O)c1. The zero-order chi connectivity index (χ0) is 13.1. The van der Waals surface area contributed by atoms with Crippen molar-refractivity contribution in [1.29, 1.82) is 5.26 Å². The van der Waals surface area contributed by atoms with E-state index in [2.05, 4.69) is 11.2 Å². The first-order valence-corrected chi connectivity index (χ1v) is 5.47. The molecule has 2 aromatic rings. The van der Waals surface area contributed by atoms with Crippen molar-refractivity contribution in [3.63, 3.8) is 0 Å². The third kappa shape index (κ3) is 2.19. The van der Waals surface area contributed by atoms with E-state index in [1.54, 1.807) is 49.3 Å². The number of hydrogen-bond acceptors (Lipinski definition) is 4. The quantitative estimate of drug-likeness (QED) is 0.892. The van der Waals surface area contributed by atoms with E-state index >= 15 is 0 Å². The van der Waals surface area contributed by atoms with E-state index in [0.29, 0.717) is 22.6 Å². The van der Waals surface area contributed by atoms with Gasteiger partial charge in [0.25, 0.3) is 0 Å². The Balaban J connectivity index is 2.56. The minimum absolute atomic E-state index is 0.517. The van der Waals surface area contributed by atoms with Crippen molar-refractivity contribution in [1.82, 2.24) is 9.78 Å². The van der Waals surface area contributed by atoms with E-state index < -0.39 is 6.10 Å². The number of benzene rings is 1. The molecule has 1 heterocycles. The number of methoxy groups -OCH3 is 1. The fraction of sp³-hybridized carbons (Fsp3) is 0.231. The van der Waals surface area contributed by atoms with Gasteiger partial charge in [-0.3, -0.25) is 0 Å². The van der Waals surface area contributed by atoms with Crippen LogP contribution in [0.2, 0.25) is 0 Å². The molecule has 0 saturated heterocycles. The number of nitrogens with zero attached hydrogens (tertiary/aromatic N) is 3. The summed E-state index contributed by atoms with van der Waals surface area (Å²) in [6.07, 6.45) is 2.63. The number of aromatic nitrogens is 2. The van der Waals surface area contributed by atoms with Crippen LogP contribution in [0.1, 0.15) is 24.2 Å². The van der Waals surface area contributed by atoms with Crippen molar-refractivity contribution in [2.24, 2.45) is 0 Å². The van der Waals surface area contributed by atoms with Crippen LogP contribution in [0, 0.1) is 11.3 Å². The van der Waals surface area contributed by atoms with Gasteiger partial charge in [-0.2, -0.15) is 10.4 Å². The molecule has 0 spiro atoms. The molecule has 0 aliphatic heterocycles. The second-order valence-electron chi connectivity index (χ2n) is 3.89. The first kappa shape index (κ1) is 12.1. The Labute approximate surface area is 105 Å². The molecule has 0 unspecified atom stereocenters. The minimum atomic E-state index is -0.636. The lowest BCUT2D eigenvalue weighted by Crippen LogP contribution is -2.03. The Kier molecular flexibility index (Phi) is 3.31. The Hall–Kier alpha value is -2.32. The van der Waals surface area contributed by atoms with Crippen LogP contribution in [0.4, 0.5) is 0 Å².